The number of nitrogens with one attached hydrogen (secondary N) is 1. The standard InChI is InChI=1S/C20H20FN3O4/c1-22-17-5-2-14(12-19(17)24(26)27)3-7-20(25)15-4-6-18(16(21)13-15)23-8-10-28-11-9-23/h2-7,12-13,22H,8-11H2,1H3. The second-order valence-corrected chi connectivity index (χ2v) is 6.25. The van der Waals surface area contributed by atoms with Crippen LogP contribution in [-0.2, 0) is 4.74 Å². The molecule has 0 aliphatic carbocycles. The lowest BCUT2D eigenvalue weighted by Gasteiger charge is -2.29. The molecule has 8 heteroatoms. The minimum atomic E-state index is -0.495. The molecule has 7 nitrogen and oxygen atoms in total. The molecule has 0 aromatic heterocycles. The van der Waals surface area contributed by atoms with Crippen molar-refractivity contribution in [2.45, 2.75) is 0 Å². The van der Waals surface area contributed by atoms with Crippen LogP contribution in [0.4, 0.5) is 21.5 Å². The summed E-state index contributed by atoms with van der Waals surface area (Å²) < 4.78 is 19.7. The zero-order chi connectivity index (χ0) is 20.1. The maximum atomic E-state index is 14.4. The van der Waals surface area contributed by atoms with E-state index in [-0.39, 0.29) is 17.0 Å². The number of anilines is 2. The van der Waals surface area contributed by atoms with E-state index in [9.17, 15) is 19.3 Å². The lowest BCUT2D eigenvalue weighted by molar-refractivity contribution is -0.383. The Bertz CT molecular complexity index is 924. The highest BCUT2D eigenvalue weighted by Gasteiger charge is 2.16. The van der Waals surface area contributed by atoms with Gasteiger partial charge in [0.05, 0.1) is 23.8 Å². The Labute approximate surface area is 161 Å². The number of carbonyl (C=O) groups is 1. The Morgan fingerprint density at radius 3 is 2.64 bits per heavy atom. The summed E-state index contributed by atoms with van der Waals surface area (Å²) >= 11 is 0. The molecule has 1 heterocycles. The molecule has 1 N–H and O–H groups in total. The van der Waals surface area contributed by atoms with Crippen LogP contribution in [0.3, 0.4) is 0 Å². The van der Waals surface area contributed by atoms with Gasteiger partial charge in [-0.1, -0.05) is 12.1 Å². The highest BCUT2D eigenvalue weighted by atomic mass is 19.1. The Morgan fingerprint density at radius 2 is 2.00 bits per heavy atom. The molecule has 1 aliphatic heterocycles. The second kappa shape index (κ2) is 8.62. The van der Waals surface area contributed by atoms with Crippen LogP contribution >= 0.6 is 0 Å². The first-order valence-corrected chi connectivity index (χ1v) is 8.80. The predicted molar refractivity (Wildman–Crippen MR) is 105 cm³/mol. The number of ether oxygens (including phenoxy) is 1. The summed E-state index contributed by atoms with van der Waals surface area (Å²) in [7, 11) is 1.59. The third kappa shape index (κ3) is 4.34. The first-order chi connectivity index (χ1) is 13.5. The zero-order valence-electron chi connectivity index (χ0n) is 15.4. The van der Waals surface area contributed by atoms with Gasteiger partial charge < -0.3 is 15.0 Å². The number of benzene rings is 2. The number of halogens is 1. The van der Waals surface area contributed by atoms with Gasteiger partial charge in [0.25, 0.3) is 5.69 Å². The molecule has 0 spiro atoms. The molecule has 2 aromatic rings. The maximum absolute atomic E-state index is 14.4. The average molecular weight is 385 g/mol. The van der Waals surface area contributed by atoms with E-state index in [1.165, 1.54) is 24.3 Å². The fourth-order valence-corrected chi connectivity index (χ4v) is 3.00. The number of nitro benzene ring substituents is 1. The molecule has 0 unspecified atom stereocenters. The van der Waals surface area contributed by atoms with Crippen molar-refractivity contribution >= 4 is 28.9 Å². The molecule has 0 atom stereocenters. The molecule has 1 fully saturated rings. The number of nitro groups is 1. The smallest absolute Gasteiger partial charge is 0.292 e. The summed E-state index contributed by atoms with van der Waals surface area (Å²) in [6.07, 6.45) is 2.75. The lowest BCUT2D eigenvalue weighted by atomic mass is 10.1. The highest BCUT2D eigenvalue weighted by Crippen LogP contribution is 2.26. The minimum absolute atomic E-state index is 0.0852. The number of carbonyl (C=O) groups excluding carboxylic acids is 1. The summed E-state index contributed by atoms with van der Waals surface area (Å²) in [6.45, 7) is 2.29. The number of hydrogen-bond donors (Lipinski definition) is 1. The normalized spacial score (nSPS) is 14.3. The van der Waals surface area contributed by atoms with E-state index in [0.717, 1.165) is 0 Å². The molecular formula is C20H20FN3O4. The van der Waals surface area contributed by atoms with E-state index in [2.05, 4.69) is 5.32 Å². The van der Waals surface area contributed by atoms with Crippen LogP contribution in [0.25, 0.3) is 6.08 Å². The monoisotopic (exact) mass is 385 g/mol. The summed E-state index contributed by atoms with van der Waals surface area (Å²) in [6, 6.07) is 8.98. The average Bonchev–Trinajstić information content (AvgIpc) is 2.72. The molecule has 28 heavy (non-hydrogen) atoms. The van der Waals surface area contributed by atoms with E-state index in [1.807, 2.05) is 4.90 Å². The fraction of sp³-hybridized carbons (Fsp3) is 0.250. The quantitative estimate of drug-likeness (QED) is 0.355. The number of allylic oxidation sites excluding steroid dienone is 1. The zero-order valence-corrected chi connectivity index (χ0v) is 15.4. The molecule has 0 saturated carbocycles. The van der Waals surface area contributed by atoms with Gasteiger partial charge in [-0.3, -0.25) is 14.9 Å². The molecule has 146 valence electrons. The SMILES string of the molecule is CNc1ccc(C=CC(=O)c2ccc(N3CCOCC3)c(F)c2)cc1[N+](=O)[O-]. The number of ketones is 1. The van der Waals surface area contributed by atoms with Crippen molar-refractivity contribution in [3.05, 3.63) is 69.5 Å². The summed E-state index contributed by atoms with van der Waals surface area (Å²) in [5.41, 5.74) is 1.46. The van der Waals surface area contributed by atoms with Crippen LogP contribution in [0.15, 0.2) is 42.5 Å². The van der Waals surface area contributed by atoms with Crippen molar-refractivity contribution in [2.24, 2.45) is 0 Å². The highest BCUT2D eigenvalue weighted by molar-refractivity contribution is 6.07. The van der Waals surface area contributed by atoms with Crippen molar-refractivity contribution < 1.29 is 18.8 Å². The Hall–Kier alpha value is -3.26. The van der Waals surface area contributed by atoms with Gasteiger partial charge in [0, 0.05) is 31.8 Å². The van der Waals surface area contributed by atoms with Crippen molar-refractivity contribution in [3.63, 3.8) is 0 Å². The first-order valence-electron chi connectivity index (χ1n) is 8.80. The Morgan fingerprint density at radius 1 is 1.25 bits per heavy atom. The van der Waals surface area contributed by atoms with E-state index >= 15 is 0 Å². The van der Waals surface area contributed by atoms with E-state index in [0.29, 0.717) is 43.2 Å². The topological polar surface area (TPSA) is 84.7 Å². The van der Waals surface area contributed by atoms with Gasteiger partial charge in [0.1, 0.15) is 11.5 Å². The number of rotatable bonds is 6. The summed E-state index contributed by atoms with van der Waals surface area (Å²) in [5.74, 6) is -0.845. The van der Waals surface area contributed by atoms with Crippen molar-refractivity contribution in [1.29, 1.82) is 0 Å². The third-order valence-corrected chi connectivity index (χ3v) is 4.50. The van der Waals surface area contributed by atoms with E-state index in [1.54, 1.807) is 31.3 Å². The third-order valence-electron chi connectivity index (χ3n) is 4.50. The van der Waals surface area contributed by atoms with Gasteiger partial charge in [0.15, 0.2) is 5.78 Å². The molecule has 0 bridgehead atoms. The molecular weight excluding hydrogens is 365 g/mol. The van der Waals surface area contributed by atoms with Crippen LogP contribution in [-0.4, -0.2) is 44.1 Å². The summed E-state index contributed by atoms with van der Waals surface area (Å²) in [4.78, 5) is 24.9. The lowest BCUT2D eigenvalue weighted by Crippen LogP contribution is -2.36. The van der Waals surface area contributed by atoms with E-state index in [4.69, 9.17) is 4.74 Å². The number of nitrogens with zero attached hydrogens (tertiary/aromatic N) is 2. The van der Waals surface area contributed by atoms with Crippen LogP contribution in [0.1, 0.15) is 15.9 Å². The van der Waals surface area contributed by atoms with Crippen LogP contribution in [0.2, 0.25) is 0 Å². The maximum Gasteiger partial charge on any atom is 0.292 e. The van der Waals surface area contributed by atoms with Gasteiger partial charge in [0.2, 0.25) is 0 Å². The van der Waals surface area contributed by atoms with Crippen LogP contribution < -0.4 is 10.2 Å². The van der Waals surface area contributed by atoms with Gasteiger partial charge in [-0.15, -0.1) is 0 Å². The molecule has 0 amide bonds. The van der Waals surface area contributed by atoms with Gasteiger partial charge in [-0.2, -0.15) is 0 Å². The predicted octanol–water partition coefficient (Wildman–Crippen LogP) is 3.51. The molecule has 3 rings (SSSR count). The largest absolute Gasteiger partial charge is 0.383 e. The molecule has 1 saturated heterocycles. The van der Waals surface area contributed by atoms with E-state index < -0.39 is 10.7 Å². The minimum Gasteiger partial charge on any atom is -0.383 e. The first kappa shape index (κ1) is 19.5. The summed E-state index contributed by atoms with van der Waals surface area (Å²) in [5, 5.41) is 13.9. The number of morpholine rings is 1. The Balaban J connectivity index is 1.76. The number of hydrogen-bond acceptors (Lipinski definition) is 6. The van der Waals surface area contributed by atoms with Crippen molar-refractivity contribution in [3.8, 4) is 0 Å². The molecule has 1 aliphatic rings. The van der Waals surface area contributed by atoms with Crippen LogP contribution in [0.5, 0.6) is 0 Å². The second-order valence-electron chi connectivity index (χ2n) is 6.25. The Kier molecular flexibility index (Phi) is 6.00. The molecule has 0 radical (unpaired) electrons. The van der Waals surface area contributed by atoms with Crippen molar-refractivity contribution in [2.75, 3.05) is 43.6 Å². The van der Waals surface area contributed by atoms with Crippen molar-refractivity contribution in [1.82, 2.24) is 0 Å². The van der Waals surface area contributed by atoms with Gasteiger partial charge in [-0.05, 0) is 35.9 Å². The van der Waals surface area contributed by atoms with Gasteiger partial charge in [-0.25, -0.2) is 4.39 Å². The molecule has 2 aromatic carbocycles. The fourth-order valence-electron chi connectivity index (χ4n) is 3.00. The van der Waals surface area contributed by atoms with Gasteiger partial charge >= 0.3 is 0 Å². The van der Waals surface area contributed by atoms with Crippen LogP contribution in [0, 0.1) is 15.9 Å².